The normalized spacial score (nSPS) is 19.4. The van der Waals surface area contributed by atoms with Gasteiger partial charge in [-0.15, -0.1) is 0 Å². The molecule has 6 heteroatoms. The Labute approximate surface area is 87.6 Å². The number of carbonyl (C=O) groups excluding carboxylic acids is 1. The Hall–Kier alpha value is 0.0369. The first-order chi connectivity index (χ1) is 6.43. The van der Waals surface area contributed by atoms with Crippen LogP contribution in [0.15, 0.2) is 0 Å². The van der Waals surface area contributed by atoms with Crippen molar-refractivity contribution in [2.45, 2.75) is 33.0 Å². The zero-order chi connectivity index (χ0) is 10.8. The number of carbonyl (C=O) groups is 1. The minimum Gasteiger partial charge on any atom is -0.318 e. The van der Waals surface area contributed by atoms with E-state index in [2.05, 4.69) is 19.6 Å². The molecular weight excluding hydrogens is 217 g/mol. The molecule has 82 valence electrons. The van der Waals surface area contributed by atoms with Gasteiger partial charge in [-0.2, -0.15) is 0 Å². The van der Waals surface area contributed by atoms with Gasteiger partial charge in [0.25, 0.3) is 8.53 Å². The second kappa shape index (κ2) is 4.70. The summed E-state index contributed by atoms with van der Waals surface area (Å²) in [5, 5.41) is 0. The summed E-state index contributed by atoms with van der Waals surface area (Å²) >= 11 is 0. The Balaban J connectivity index is 2.71. The van der Waals surface area contributed by atoms with E-state index in [1.165, 1.54) is 0 Å². The Morgan fingerprint density at radius 2 is 1.79 bits per heavy atom. The van der Waals surface area contributed by atoms with Crippen molar-refractivity contribution >= 4 is 22.7 Å². The molecule has 1 aliphatic heterocycles. The first-order valence-corrected chi connectivity index (χ1v) is 9.37. The van der Waals surface area contributed by atoms with Gasteiger partial charge in [-0.05, 0) is 6.42 Å². The predicted molar refractivity (Wildman–Crippen MR) is 59.3 cm³/mol. The SMILES string of the molecule is CC(=O)N(P1OCCCO1)[Si](C)(C)C. The van der Waals surface area contributed by atoms with Crippen LogP contribution in [0.1, 0.15) is 13.3 Å². The van der Waals surface area contributed by atoms with Gasteiger partial charge >= 0.3 is 0 Å². The van der Waals surface area contributed by atoms with E-state index in [-0.39, 0.29) is 5.91 Å². The fourth-order valence-electron chi connectivity index (χ4n) is 1.33. The van der Waals surface area contributed by atoms with Gasteiger partial charge in [-0.25, -0.2) is 0 Å². The van der Waals surface area contributed by atoms with E-state index >= 15 is 0 Å². The van der Waals surface area contributed by atoms with Crippen LogP contribution in [0.4, 0.5) is 0 Å². The van der Waals surface area contributed by atoms with Gasteiger partial charge in [0.1, 0.15) is 0 Å². The maximum absolute atomic E-state index is 11.5. The van der Waals surface area contributed by atoms with Crippen LogP contribution in [-0.4, -0.2) is 31.7 Å². The van der Waals surface area contributed by atoms with Crippen molar-refractivity contribution in [2.24, 2.45) is 0 Å². The second-order valence-electron chi connectivity index (χ2n) is 4.26. The van der Waals surface area contributed by atoms with E-state index in [0.29, 0.717) is 13.2 Å². The van der Waals surface area contributed by atoms with Crippen molar-refractivity contribution in [1.29, 1.82) is 0 Å². The summed E-state index contributed by atoms with van der Waals surface area (Å²) in [6, 6.07) is 0. The molecule has 1 saturated heterocycles. The summed E-state index contributed by atoms with van der Waals surface area (Å²) in [6.07, 6.45) is 0.927. The molecule has 1 aliphatic rings. The van der Waals surface area contributed by atoms with Gasteiger partial charge in [-0.1, -0.05) is 19.6 Å². The van der Waals surface area contributed by atoms with Gasteiger partial charge in [0.05, 0.1) is 13.2 Å². The molecule has 0 spiro atoms. The highest BCUT2D eigenvalue weighted by Gasteiger charge is 2.36. The Morgan fingerprint density at radius 1 is 1.29 bits per heavy atom. The Kier molecular flexibility index (Phi) is 4.07. The highest BCUT2D eigenvalue weighted by molar-refractivity contribution is 7.48. The Morgan fingerprint density at radius 3 is 2.14 bits per heavy atom. The first-order valence-electron chi connectivity index (χ1n) is 4.79. The second-order valence-corrected chi connectivity index (χ2v) is 10.8. The van der Waals surface area contributed by atoms with Crippen LogP contribution in [0.3, 0.4) is 0 Å². The lowest BCUT2D eigenvalue weighted by molar-refractivity contribution is -0.122. The minimum atomic E-state index is -1.67. The molecule has 0 aromatic heterocycles. The molecule has 1 rings (SSSR count). The molecular formula is C8H18NO3PSi. The smallest absolute Gasteiger partial charge is 0.283 e. The third kappa shape index (κ3) is 3.02. The Bertz CT molecular complexity index is 213. The summed E-state index contributed by atoms with van der Waals surface area (Å²) in [7, 11) is -2.79. The van der Waals surface area contributed by atoms with Crippen molar-refractivity contribution in [3.63, 3.8) is 0 Å². The molecule has 0 aromatic carbocycles. The molecule has 0 aromatic rings. The standard InChI is InChI=1S/C8H18NO3PSi/c1-8(10)9(14(2,3)4)13-11-6-5-7-12-13/h5-7H2,1-4H3. The van der Waals surface area contributed by atoms with Gasteiger partial charge in [0.15, 0.2) is 8.24 Å². The number of hydrogen-bond donors (Lipinski definition) is 0. The molecule has 1 heterocycles. The molecule has 0 saturated carbocycles. The summed E-state index contributed by atoms with van der Waals surface area (Å²) in [5.74, 6) is 0.0668. The fraction of sp³-hybridized carbons (Fsp3) is 0.875. The van der Waals surface area contributed by atoms with Crippen molar-refractivity contribution in [1.82, 2.24) is 4.34 Å². The van der Waals surface area contributed by atoms with Gasteiger partial charge in [0, 0.05) is 6.92 Å². The first kappa shape index (κ1) is 12.1. The van der Waals surface area contributed by atoms with Crippen LogP contribution in [0, 0.1) is 0 Å². The maximum atomic E-state index is 11.5. The average molecular weight is 235 g/mol. The third-order valence-electron chi connectivity index (χ3n) is 1.79. The van der Waals surface area contributed by atoms with Crippen molar-refractivity contribution in [2.75, 3.05) is 13.2 Å². The van der Waals surface area contributed by atoms with Crippen LogP contribution in [0.25, 0.3) is 0 Å². The van der Waals surface area contributed by atoms with Gasteiger partial charge < -0.3 is 13.4 Å². The van der Waals surface area contributed by atoms with Crippen LogP contribution < -0.4 is 0 Å². The van der Waals surface area contributed by atoms with E-state index in [4.69, 9.17) is 9.05 Å². The molecule has 14 heavy (non-hydrogen) atoms. The molecule has 4 nitrogen and oxygen atoms in total. The van der Waals surface area contributed by atoms with Crippen LogP contribution >= 0.6 is 8.53 Å². The lowest BCUT2D eigenvalue weighted by atomic mass is 10.5. The van der Waals surface area contributed by atoms with Crippen LogP contribution in [0.5, 0.6) is 0 Å². The maximum Gasteiger partial charge on any atom is 0.283 e. The van der Waals surface area contributed by atoms with Crippen molar-refractivity contribution in [3.8, 4) is 0 Å². The van der Waals surface area contributed by atoms with E-state index < -0.39 is 16.8 Å². The quantitative estimate of drug-likeness (QED) is 0.544. The lowest BCUT2D eigenvalue weighted by Gasteiger charge is -2.39. The highest BCUT2D eigenvalue weighted by Crippen LogP contribution is 2.48. The lowest BCUT2D eigenvalue weighted by Crippen LogP contribution is -2.46. The topological polar surface area (TPSA) is 38.8 Å². The molecule has 0 N–H and O–H groups in total. The zero-order valence-electron chi connectivity index (χ0n) is 9.24. The molecule has 1 fully saturated rings. The number of hydrogen-bond acceptors (Lipinski definition) is 3. The van der Waals surface area contributed by atoms with E-state index in [0.717, 1.165) is 6.42 Å². The van der Waals surface area contributed by atoms with E-state index in [1.54, 1.807) is 6.92 Å². The van der Waals surface area contributed by atoms with Gasteiger partial charge in [-0.3, -0.25) is 4.79 Å². The summed E-state index contributed by atoms with van der Waals surface area (Å²) in [5.41, 5.74) is 0. The summed E-state index contributed by atoms with van der Waals surface area (Å²) in [4.78, 5) is 11.5. The molecule has 0 aliphatic carbocycles. The molecule has 1 amide bonds. The van der Waals surface area contributed by atoms with Crippen LogP contribution in [0.2, 0.25) is 19.6 Å². The number of rotatable bonds is 2. The monoisotopic (exact) mass is 235 g/mol. The third-order valence-corrected chi connectivity index (χ3v) is 7.08. The molecule has 0 radical (unpaired) electrons. The minimum absolute atomic E-state index is 0.0668. The number of amides is 1. The molecule has 0 unspecified atom stereocenters. The van der Waals surface area contributed by atoms with E-state index in [9.17, 15) is 4.79 Å². The molecule has 0 bridgehead atoms. The van der Waals surface area contributed by atoms with E-state index in [1.807, 2.05) is 4.34 Å². The van der Waals surface area contributed by atoms with Crippen molar-refractivity contribution < 1.29 is 13.8 Å². The largest absolute Gasteiger partial charge is 0.318 e. The highest BCUT2D eigenvalue weighted by atomic mass is 31.2. The molecule has 0 atom stereocenters. The summed E-state index contributed by atoms with van der Waals surface area (Å²) in [6.45, 7) is 9.37. The fourth-order valence-corrected chi connectivity index (χ4v) is 5.69. The average Bonchev–Trinajstić information content (AvgIpc) is 2.02. The van der Waals surface area contributed by atoms with Crippen molar-refractivity contribution in [3.05, 3.63) is 0 Å². The van der Waals surface area contributed by atoms with Gasteiger partial charge in [0.2, 0.25) is 5.91 Å². The zero-order valence-corrected chi connectivity index (χ0v) is 11.1. The summed E-state index contributed by atoms with van der Waals surface area (Å²) < 4.78 is 12.9. The number of nitrogens with zero attached hydrogens (tertiary/aromatic N) is 1. The predicted octanol–water partition coefficient (Wildman–Crippen LogP) is 2.33. The van der Waals surface area contributed by atoms with Crippen LogP contribution in [-0.2, 0) is 13.8 Å².